The maximum atomic E-state index is 11.9. The summed E-state index contributed by atoms with van der Waals surface area (Å²) in [6.07, 6.45) is 0.371. The summed E-state index contributed by atoms with van der Waals surface area (Å²) >= 11 is 0. The first-order valence-electron chi connectivity index (χ1n) is 8.45. The number of hydrogen-bond acceptors (Lipinski definition) is 6. The third-order valence-electron chi connectivity index (χ3n) is 4.94. The number of aromatic nitrogens is 2. The molecule has 2 aliphatic rings. The minimum absolute atomic E-state index is 0.0511. The maximum absolute atomic E-state index is 11.9. The highest BCUT2D eigenvalue weighted by Crippen LogP contribution is 2.36. The second-order valence-electron chi connectivity index (χ2n) is 6.49. The Morgan fingerprint density at radius 2 is 2.12 bits per heavy atom. The van der Waals surface area contributed by atoms with Gasteiger partial charge in [0, 0.05) is 20.1 Å². The first-order valence-corrected chi connectivity index (χ1v) is 8.45. The van der Waals surface area contributed by atoms with E-state index in [0.717, 1.165) is 16.8 Å². The van der Waals surface area contributed by atoms with Crippen molar-refractivity contribution in [3.05, 3.63) is 45.1 Å². The third-order valence-corrected chi connectivity index (χ3v) is 4.94. The number of cyclic esters (lactones) is 1. The number of carbonyl (C=O) groups is 1. The van der Waals surface area contributed by atoms with Crippen molar-refractivity contribution in [1.82, 2.24) is 9.78 Å². The second kappa shape index (κ2) is 6.01. The maximum Gasteiger partial charge on any atom is 0.414 e. The fraction of sp³-hybridized carbons (Fsp3) is 0.412. The topological polar surface area (TPSA) is 93.7 Å². The summed E-state index contributed by atoms with van der Waals surface area (Å²) in [4.78, 5) is 26.7. The molecule has 1 saturated heterocycles. The molecular formula is C17H19N5O4. The van der Waals surface area contributed by atoms with Gasteiger partial charge in [0.15, 0.2) is 0 Å². The Labute approximate surface area is 149 Å². The number of fused-ring (bicyclic) bond motifs is 1. The highest BCUT2D eigenvalue weighted by molar-refractivity contribution is 5.90. The standard InChI is InChI=1S/C17H19N5O4/c1-11-15(22(24)25)16(19(2)18-11)20-7-6-13-12(10-20)4-3-5-14(13)21-8-9-26-17(21)23/h3-5H,6-10H2,1-2H3. The summed E-state index contributed by atoms with van der Waals surface area (Å²) in [5.74, 6) is 0.518. The third kappa shape index (κ3) is 2.47. The zero-order valence-electron chi connectivity index (χ0n) is 14.6. The Morgan fingerprint density at radius 3 is 2.81 bits per heavy atom. The van der Waals surface area contributed by atoms with Gasteiger partial charge >= 0.3 is 11.8 Å². The lowest BCUT2D eigenvalue weighted by Crippen LogP contribution is -2.34. The lowest BCUT2D eigenvalue weighted by atomic mass is 9.97. The van der Waals surface area contributed by atoms with Gasteiger partial charge in [-0.2, -0.15) is 5.10 Å². The molecular weight excluding hydrogens is 338 g/mol. The normalized spacial score (nSPS) is 16.6. The number of anilines is 2. The molecule has 3 heterocycles. The number of nitro groups is 1. The van der Waals surface area contributed by atoms with Crippen molar-refractivity contribution in [3.63, 3.8) is 0 Å². The van der Waals surface area contributed by atoms with Crippen LogP contribution >= 0.6 is 0 Å². The molecule has 1 fully saturated rings. The molecule has 0 saturated carbocycles. The Kier molecular flexibility index (Phi) is 3.78. The Bertz CT molecular complexity index is 907. The van der Waals surface area contributed by atoms with Crippen LogP contribution in [-0.4, -0.2) is 40.5 Å². The predicted molar refractivity (Wildman–Crippen MR) is 94.5 cm³/mol. The van der Waals surface area contributed by atoms with Crippen LogP contribution in [0.1, 0.15) is 16.8 Å². The number of aryl methyl sites for hydroxylation is 2. The van der Waals surface area contributed by atoms with Crippen molar-refractivity contribution in [2.75, 3.05) is 29.5 Å². The van der Waals surface area contributed by atoms with Gasteiger partial charge in [-0.1, -0.05) is 12.1 Å². The van der Waals surface area contributed by atoms with Crippen LogP contribution in [0.4, 0.5) is 22.0 Å². The summed E-state index contributed by atoms with van der Waals surface area (Å²) in [6.45, 7) is 3.75. The number of hydrogen-bond donors (Lipinski definition) is 0. The van der Waals surface area contributed by atoms with E-state index in [1.54, 1.807) is 23.6 Å². The highest BCUT2D eigenvalue weighted by Gasteiger charge is 2.32. The van der Waals surface area contributed by atoms with Crippen LogP contribution in [0.15, 0.2) is 18.2 Å². The van der Waals surface area contributed by atoms with Crippen LogP contribution in [0.5, 0.6) is 0 Å². The predicted octanol–water partition coefficient (Wildman–Crippen LogP) is 2.16. The molecule has 1 aromatic heterocycles. The lowest BCUT2D eigenvalue weighted by Gasteiger charge is -2.32. The van der Waals surface area contributed by atoms with E-state index in [9.17, 15) is 14.9 Å². The zero-order valence-corrected chi connectivity index (χ0v) is 14.6. The molecule has 0 aliphatic carbocycles. The molecule has 26 heavy (non-hydrogen) atoms. The molecule has 2 aromatic rings. The van der Waals surface area contributed by atoms with Gasteiger partial charge in [0.1, 0.15) is 12.3 Å². The summed E-state index contributed by atoms with van der Waals surface area (Å²) in [6, 6.07) is 5.84. The highest BCUT2D eigenvalue weighted by atomic mass is 16.6. The van der Waals surface area contributed by atoms with Crippen molar-refractivity contribution >= 4 is 23.3 Å². The minimum atomic E-state index is -0.371. The largest absolute Gasteiger partial charge is 0.447 e. The van der Waals surface area contributed by atoms with E-state index >= 15 is 0 Å². The Hall–Kier alpha value is -3.10. The van der Waals surface area contributed by atoms with Crippen molar-refractivity contribution in [1.29, 1.82) is 0 Å². The summed E-state index contributed by atoms with van der Waals surface area (Å²) in [5, 5.41) is 15.7. The average molecular weight is 357 g/mol. The first kappa shape index (κ1) is 16.4. The van der Waals surface area contributed by atoms with Crippen LogP contribution < -0.4 is 9.80 Å². The summed E-state index contributed by atoms with van der Waals surface area (Å²) in [7, 11) is 1.72. The summed E-state index contributed by atoms with van der Waals surface area (Å²) in [5.41, 5.74) is 3.49. The smallest absolute Gasteiger partial charge is 0.414 e. The molecule has 0 atom stereocenters. The molecule has 1 aromatic carbocycles. The van der Waals surface area contributed by atoms with Gasteiger partial charge in [0.05, 0.1) is 17.2 Å². The molecule has 0 spiro atoms. The second-order valence-corrected chi connectivity index (χ2v) is 6.49. The molecule has 9 heteroatoms. The molecule has 1 amide bonds. The Morgan fingerprint density at radius 1 is 1.31 bits per heavy atom. The van der Waals surface area contributed by atoms with Gasteiger partial charge in [-0.05, 0) is 30.5 Å². The van der Waals surface area contributed by atoms with E-state index in [4.69, 9.17) is 4.74 Å². The van der Waals surface area contributed by atoms with Gasteiger partial charge in [0.25, 0.3) is 0 Å². The van der Waals surface area contributed by atoms with Crippen molar-refractivity contribution in [2.24, 2.45) is 7.05 Å². The SMILES string of the molecule is Cc1nn(C)c(N2CCc3c(cccc3N3CCOC3=O)C2)c1[N+](=O)[O-]. The van der Waals surface area contributed by atoms with Gasteiger partial charge in [0.2, 0.25) is 5.82 Å². The Balaban J connectivity index is 1.70. The molecule has 136 valence electrons. The van der Waals surface area contributed by atoms with Crippen LogP contribution in [0.2, 0.25) is 0 Å². The number of amides is 1. The van der Waals surface area contributed by atoms with E-state index in [0.29, 0.717) is 44.2 Å². The van der Waals surface area contributed by atoms with Crippen LogP contribution in [0.25, 0.3) is 0 Å². The minimum Gasteiger partial charge on any atom is -0.447 e. The average Bonchev–Trinajstić information content (AvgIpc) is 3.16. The summed E-state index contributed by atoms with van der Waals surface area (Å²) < 4.78 is 6.62. The quantitative estimate of drug-likeness (QED) is 0.617. The van der Waals surface area contributed by atoms with E-state index < -0.39 is 0 Å². The van der Waals surface area contributed by atoms with Gasteiger partial charge in [-0.15, -0.1) is 0 Å². The van der Waals surface area contributed by atoms with Crippen molar-refractivity contribution in [3.8, 4) is 0 Å². The van der Waals surface area contributed by atoms with E-state index in [1.165, 1.54) is 0 Å². The molecule has 0 radical (unpaired) electrons. The van der Waals surface area contributed by atoms with Crippen molar-refractivity contribution < 1.29 is 14.5 Å². The molecule has 0 N–H and O–H groups in total. The fourth-order valence-corrected chi connectivity index (χ4v) is 3.84. The first-order chi connectivity index (χ1) is 12.5. The van der Waals surface area contributed by atoms with E-state index in [-0.39, 0.29) is 16.7 Å². The molecule has 0 bridgehead atoms. The van der Waals surface area contributed by atoms with Crippen LogP contribution in [0.3, 0.4) is 0 Å². The number of rotatable bonds is 3. The van der Waals surface area contributed by atoms with Gasteiger partial charge < -0.3 is 9.64 Å². The van der Waals surface area contributed by atoms with Gasteiger partial charge in [-0.3, -0.25) is 15.0 Å². The number of benzene rings is 1. The van der Waals surface area contributed by atoms with E-state index in [2.05, 4.69) is 5.10 Å². The molecule has 4 rings (SSSR count). The lowest BCUT2D eigenvalue weighted by molar-refractivity contribution is -0.384. The number of carbonyl (C=O) groups excluding carboxylic acids is 1. The van der Waals surface area contributed by atoms with E-state index in [1.807, 2.05) is 23.1 Å². The zero-order chi connectivity index (χ0) is 18.4. The van der Waals surface area contributed by atoms with Gasteiger partial charge in [-0.25, -0.2) is 9.48 Å². The van der Waals surface area contributed by atoms with Crippen LogP contribution in [-0.2, 0) is 24.8 Å². The number of nitrogens with zero attached hydrogens (tertiary/aromatic N) is 5. The molecule has 0 unspecified atom stereocenters. The van der Waals surface area contributed by atoms with Crippen LogP contribution in [0, 0.1) is 17.0 Å². The number of ether oxygens (including phenoxy) is 1. The van der Waals surface area contributed by atoms with Crippen molar-refractivity contribution in [2.45, 2.75) is 19.9 Å². The monoisotopic (exact) mass is 357 g/mol. The molecule has 9 nitrogen and oxygen atoms in total. The fourth-order valence-electron chi connectivity index (χ4n) is 3.84. The molecule has 2 aliphatic heterocycles.